The maximum absolute atomic E-state index is 11.5. The fourth-order valence-corrected chi connectivity index (χ4v) is 6.78. The number of aromatic hydroxyl groups is 2. The molecule has 226 valence electrons. The van der Waals surface area contributed by atoms with Crippen molar-refractivity contribution in [3.8, 4) is 23.3 Å². The standard InChI is InChI=1S/C34H44N2O6/c1-3-29(27-12-13-30-28(20-27)16-18-42-30)35(21-23-6-10-26(11-7-23)34(39)40)22-24-8-9-25(31(19-24)41-2)5-4-17-36-32(37)14-15-33(36)38/h8-9,12-15,19-20,23,26,29,37-38H,3-7,10-11,16-18,21-22H2,1-2H3,(H,39,40). The van der Waals surface area contributed by atoms with E-state index in [9.17, 15) is 20.1 Å². The van der Waals surface area contributed by atoms with E-state index in [4.69, 9.17) is 9.47 Å². The summed E-state index contributed by atoms with van der Waals surface area (Å²) < 4.78 is 13.1. The predicted molar refractivity (Wildman–Crippen MR) is 161 cm³/mol. The molecule has 42 heavy (non-hydrogen) atoms. The number of aryl methyl sites for hydroxylation is 1. The molecule has 3 aromatic rings. The lowest BCUT2D eigenvalue weighted by atomic mass is 9.81. The van der Waals surface area contributed by atoms with Crippen LogP contribution in [0.15, 0.2) is 48.5 Å². The SMILES string of the molecule is CCC(c1ccc2c(c1)CCO2)N(Cc1ccc(CCCn2c(O)ccc2O)c(OC)c1)CC1CCC(C(=O)O)CC1. The fraction of sp³-hybridized carbons (Fsp3) is 0.500. The molecule has 1 aliphatic carbocycles. The Balaban J connectivity index is 1.33. The van der Waals surface area contributed by atoms with E-state index >= 15 is 0 Å². The molecule has 1 fully saturated rings. The van der Waals surface area contributed by atoms with Crippen LogP contribution in [0.5, 0.6) is 23.3 Å². The highest BCUT2D eigenvalue weighted by atomic mass is 16.5. The van der Waals surface area contributed by atoms with E-state index in [0.717, 1.165) is 88.1 Å². The number of aliphatic carboxylic acids is 1. The molecule has 8 nitrogen and oxygen atoms in total. The van der Waals surface area contributed by atoms with Crippen LogP contribution in [-0.4, -0.2) is 51.0 Å². The zero-order valence-electron chi connectivity index (χ0n) is 24.8. The van der Waals surface area contributed by atoms with Crippen molar-refractivity contribution in [3.63, 3.8) is 0 Å². The average Bonchev–Trinajstić information content (AvgIpc) is 3.59. The Kier molecular flexibility index (Phi) is 9.62. The van der Waals surface area contributed by atoms with Gasteiger partial charge in [0.25, 0.3) is 0 Å². The summed E-state index contributed by atoms with van der Waals surface area (Å²) in [6, 6.07) is 16.3. The number of nitrogens with zero attached hydrogens (tertiary/aromatic N) is 2. The highest BCUT2D eigenvalue weighted by Gasteiger charge is 2.30. The lowest BCUT2D eigenvalue weighted by Crippen LogP contribution is -2.35. The van der Waals surface area contributed by atoms with E-state index in [0.29, 0.717) is 12.5 Å². The molecular weight excluding hydrogens is 532 g/mol. The third kappa shape index (κ3) is 6.86. The quantitative estimate of drug-likeness (QED) is 0.219. The summed E-state index contributed by atoms with van der Waals surface area (Å²) in [6.07, 6.45) is 6.80. The molecule has 2 aromatic carbocycles. The molecule has 0 spiro atoms. The molecular formula is C34H44N2O6. The van der Waals surface area contributed by atoms with Crippen molar-refractivity contribution < 1.29 is 29.6 Å². The summed E-state index contributed by atoms with van der Waals surface area (Å²) in [5.74, 6) is 1.56. The van der Waals surface area contributed by atoms with Crippen LogP contribution in [0, 0.1) is 11.8 Å². The zero-order chi connectivity index (χ0) is 29.6. The fourth-order valence-electron chi connectivity index (χ4n) is 6.78. The number of carbonyl (C=O) groups is 1. The molecule has 0 saturated heterocycles. The van der Waals surface area contributed by atoms with Gasteiger partial charge in [-0.3, -0.25) is 14.3 Å². The molecule has 5 rings (SSSR count). The summed E-state index contributed by atoms with van der Waals surface area (Å²) in [5.41, 5.74) is 4.86. The monoisotopic (exact) mass is 576 g/mol. The Hall–Kier alpha value is -3.65. The number of hydrogen-bond donors (Lipinski definition) is 3. The number of fused-ring (bicyclic) bond motifs is 1. The Morgan fingerprint density at radius 2 is 1.83 bits per heavy atom. The third-order valence-electron chi connectivity index (χ3n) is 9.11. The van der Waals surface area contributed by atoms with E-state index in [1.807, 2.05) is 0 Å². The summed E-state index contributed by atoms with van der Waals surface area (Å²) in [5, 5.41) is 29.4. The average molecular weight is 577 g/mol. The van der Waals surface area contributed by atoms with Crippen molar-refractivity contribution in [2.45, 2.75) is 77.4 Å². The van der Waals surface area contributed by atoms with Crippen LogP contribution in [0.4, 0.5) is 0 Å². The van der Waals surface area contributed by atoms with Crippen LogP contribution in [0.1, 0.15) is 73.7 Å². The van der Waals surface area contributed by atoms with E-state index in [1.54, 1.807) is 7.11 Å². The van der Waals surface area contributed by atoms with Gasteiger partial charge in [-0.1, -0.05) is 31.2 Å². The van der Waals surface area contributed by atoms with Gasteiger partial charge in [0, 0.05) is 44.2 Å². The minimum Gasteiger partial charge on any atom is -0.496 e. The summed E-state index contributed by atoms with van der Waals surface area (Å²) in [4.78, 5) is 14.1. The van der Waals surface area contributed by atoms with Crippen molar-refractivity contribution in [1.82, 2.24) is 9.47 Å². The number of benzene rings is 2. The van der Waals surface area contributed by atoms with Crippen molar-refractivity contribution in [2.75, 3.05) is 20.3 Å². The number of carboxylic acid groups (broad SMARTS) is 1. The van der Waals surface area contributed by atoms with E-state index in [2.05, 4.69) is 48.2 Å². The second kappa shape index (κ2) is 13.6. The Bertz CT molecular complexity index is 1340. The van der Waals surface area contributed by atoms with Crippen LogP contribution >= 0.6 is 0 Å². The van der Waals surface area contributed by atoms with Crippen LogP contribution < -0.4 is 9.47 Å². The van der Waals surface area contributed by atoms with Crippen LogP contribution in [-0.2, 0) is 30.7 Å². The molecule has 8 heteroatoms. The number of aromatic nitrogens is 1. The largest absolute Gasteiger partial charge is 0.496 e. The molecule has 3 N–H and O–H groups in total. The molecule has 2 aliphatic rings. The summed E-state index contributed by atoms with van der Waals surface area (Å²) in [6.45, 7) is 5.19. The maximum atomic E-state index is 11.5. The Morgan fingerprint density at radius 3 is 2.52 bits per heavy atom. The van der Waals surface area contributed by atoms with Crippen molar-refractivity contribution in [1.29, 1.82) is 0 Å². The van der Waals surface area contributed by atoms with Crippen LogP contribution in [0.2, 0.25) is 0 Å². The number of hydrogen-bond acceptors (Lipinski definition) is 6. The van der Waals surface area contributed by atoms with Gasteiger partial charge in [-0.15, -0.1) is 0 Å². The van der Waals surface area contributed by atoms with Gasteiger partial charge in [-0.05, 0) is 85.3 Å². The lowest BCUT2D eigenvalue weighted by Gasteiger charge is -2.37. The zero-order valence-corrected chi connectivity index (χ0v) is 24.8. The minimum absolute atomic E-state index is 0.0627. The first-order chi connectivity index (χ1) is 20.4. The second-order valence-corrected chi connectivity index (χ2v) is 11.8. The predicted octanol–water partition coefficient (Wildman–Crippen LogP) is 6.32. The van der Waals surface area contributed by atoms with Gasteiger partial charge in [0.15, 0.2) is 11.8 Å². The third-order valence-corrected chi connectivity index (χ3v) is 9.11. The molecule has 0 radical (unpaired) electrons. The molecule has 0 amide bonds. The van der Waals surface area contributed by atoms with Gasteiger partial charge in [0.2, 0.25) is 0 Å². The van der Waals surface area contributed by atoms with E-state index in [1.165, 1.54) is 33.4 Å². The van der Waals surface area contributed by atoms with Gasteiger partial charge in [0.05, 0.1) is 19.6 Å². The normalized spacial score (nSPS) is 18.9. The maximum Gasteiger partial charge on any atom is 0.306 e. The molecule has 2 heterocycles. The molecule has 1 saturated carbocycles. The summed E-state index contributed by atoms with van der Waals surface area (Å²) >= 11 is 0. The van der Waals surface area contributed by atoms with Crippen molar-refractivity contribution in [2.24, 2.45) is 11.8 Å². The first kappa shape index (κ1) is 29.8. The minimum atomic E-state index is -0.661. The second-order valence-electron chi connectivity index (χ2n) is 11.8. The van der Waals surface area contributed by atoms with Crippen molar-refractivity contribution in [3.05, 3.63) is 70.8 Å². The lowest BCUT2D eigenvalue weighted by molar-refractivity contribution is -0.143. The number of methoxy groups -OCH3 is 1. The first-order valence-electron chi connectivity index (χ1n) is 15.3. The van der Waals surface area contributed by atoms with Crippen molar-refractivity contribution >= 4 is 5.97 Å². The van der Waals surface area contributed by atoms with Crippen LogP contribution in [0.3, 0.4) is 0 Å². The molecule has 1 aliphatic heterocycles. The number of ether oxygens (including phenoxy) is 2. The van der Waals surface area contributed by atoms with Gasteiger partial charge in [-0.2, -0.15) is 0 Å². The highest BCUT2D eigenvalue weighted by molar-refractivity contribution is 5.70. The van der Waals surface area contributed by atoms with E-state index in [-0.39, 0.29) is 23.7 Å². The van der Waals surface area contributed by atoms with E-state index < -0.39 is 5.97 Å². The number of rotatable bonds is 13. The first-order valence-corrected chi connectivity index (χ1v) is 15.3. The van der Waals surface area contributed by atoms with Gasteiger partial charge in [0.1, 0.15) is 11.5 Å². The molecule has 0 bridgehead atoms. The van der Waals surface area contributed by atoms with Gasteiger partial charge >= 0.3 is 5.97 Å². The molecule has 1 aromatic heterocycles. The van der Waals surface area contributed by atoms with Gasteiger partial charge < -0.3 is 24.8 Å². The molecule has 1 unspecified atom stereocenters. The Morgan fingerprint density at radius 1 is 1.07 bits per heavy atom. The smallest absolute Gasteiger partial charge is 0.306 e. The Labute approximate surface area is 248 Å². The highest BCUT2D eigenvalue weighted by Crippen LogP contribution is 2.36. The summed E-state index contributed by atoms with van der Waals surface area (Å²) in [7, 11) is 1.70. The van der Waals surface area contributed by atoms with Crippen LogP contribution in [0.25, 0.3) is 0 Å². The molecule has 1 atom stereocenters. The number of carboxylic acids is 1. The van der Waals surface area contributed by atoms with Gasteiger partial charge in [-0.25, -0.2) is 0 Å². The topological polar surface area (TPSA) is 104 Å².